The standard InChI is InChI=1S/C20H26O7/c1-6-10(2)19(22)25-17-8-12(4)15(27-24)9-14(21)11(3)7-16-18(17)13(5)20(23)26-16/h6-7,14-18,21,24H,4-5,8-9H2,1-3H3/b10-6+,11-7-/t14-,15+,16+,17-,18-/m0/s1. The second kappa shape index (κ2) is 8.65. The molecule has 2 aliphatic rings. The van der Waals surface area contributed by atoms with Gasteiger partial charge in [-0.25, -0.2) is 14.5 Å². The Kier molecular flexibility index (Phi) is 6.75. The molecule has 0 aromatic carbocycles. The van der Waals surface area contributed by atoms with Gasteiger partial charge in [0.1, 0.15) is 18.3 Å². The van der Waals surface area contributed by atoms with E-state index in [4.69, 9.17) is 9.47 Å². The van der Waals surface area contributed by atoms with Crippen molar-refractivity contribution in [1.82, 2.24) is 0 Å². The normalized spacial score (nSPS) is 34.4. The first-order chi connectivity index (χ1) is 12.7. The summed E-state index contributed by atoms with van der Waals surface area (Å²) in [6, 6.07) is 0. The highest BCUT2D eigenvalue weighted by Gasteiger charge is 2.45. The highest BCUT2D eigenvalue weighted by Crippen LogP contribution is 2.37. The predicted molar refractivity (Wildman–Crippen MR) is 97.5 cm³/mol. The van der Waals surface area contributed by atoms with Crippen LogP contribution in [-0.2, 0) is 24.0 Å². The van der Waals surface area contributed by atoms with Crippen LogP contribution in [0.3, 0.4) is 0 Å². The van der Waals surface area contributed by atoms with Crippen molar-refractivity contribution in [2.45, 2.75) is 58.0 Å². The molecule has 2 rings (SSSR count). The van der Waals surface area contributed by atoms with Crippen LogP contribution < -0.4 is 0 Å². The third-order valence-corrected chi connectivity index (χ3v) is 5.11. The minimum atomic E-state index is -0.920. The summed E-state index contributed by atoms with van der Waals surface area (Å²) in [6.45, 7) is 12.7. The van der Waals surface area contributed by atoms with Crippen molar-refractivity contribution in [2.24, 2.45) is 5.92 Å². The van der Waals surface area contributed by atoms with Gasteiger partial charge in [0.05, 0.1) is 12.0 Å². The fourth-order valence-corrected chi connectivity index (χ4v) is 3.20. The van der Waals surface area contributed by atoms with Crippen LogP contribution in [0.2, 0.25) is 0 Å². The van der Waals surface area contributed by atoms with E-state index in [0.29, 0.717) is 16.7 Å². The van der Waals surface area contributed by atoms with E-state index in [-0.39, 0.29) is 18.4 Å². The number of allylic oxidation sites excluding steroid dienone is 1. The molecule has 0 bridgehead atoms. The second-order valence-electron chi connectivity index (χ2n) is 6.96. The van der Waals surface area contributed by atoms with Gasteiger partial charge in [-0.1, -0.05) is 19.2 Å². The van der Waals surface area contributed by atoms with E-state index in [0.717, 1.165) is 0 Å². The number of fused-ring (bicyclic) bond motifs is 1. The fraction of sp³-hybridized carbons (Fsp3) is 0.500. The Bertz CT molecular complexity index is 703. The summed E-state index contributed by atoms with van der Waals surface area (Å²) >= 11 is 0. The van der Waals surface area contributed by atoms with Crippen LogP contribution in [0.1, 0.15) is 33.6 Å². The lowest BCUT2D eigenvalue weighted by Gasteiger charge is -2.30. The van der Waals surface area contributed by atoms with Gasteiger partial charge in [0.25, 0.3) is 0 Å². The molecular formula is C20H26O7. The molecule has 0 aromatic rings. The average molecular weight is 378 g/mol. The van der Waals surface area contributed by atoms with E-state index in [9.17, 15) is 20.0 Å². The molecule has 7 nitrogen and oxygen atoms in total. The summed E-state index contributed by atoms with van der Waals surface area (Å²) < 4.78 is 11.0. The lowest BCUT2D eigenvalue weighted by molar-refractivity contribution is -0.273. The third kappa shape index (κ3) is 4.55. The summed E-state index contributed by atoms with van der Waals surface area (Å²) in [5, 5.41) is 19.5. The maximum atomic E-state index is 12.3. The topological polar surface area (TPSA) is 102 Å². The summed E-state index contributed by atoms with van der Waals surface area (Å²) in [6.07, 6.45) is 0.149. The molecule has 2 N–H and O–H groups in total. The van der Waals surface area contributed by atoms with Crippen molar-refractivity contribution in [2.75, 3.05) is 0 Å². The van der Waals surface area contributed by atoms with E-state index >= 15 is 0 Å². The zero-order valence-electron chi connectivity index (χ0n) is 15.8. The Morgan fingerprint density at radius 2 is 2.07 bits per heavy atom. The number of carbonyl (C=O) groups is 2. The van der Waals surface area contributed by atoms with E-state index in [1.54, 1.807) is 32.9 Å². The quantitative estimate of drug-likeness (QED) is 0.256. The van der Waals surface area contributed by atoms with E-state index < -0.39 is 42.3 Å². The van der Waals surface area contributed by atoms with Crippen LogP contribution in [-0.4, -0.2) is 46.7 Å². The maximum absolute atomic E-state index is 12.3. The molecule has 0 radical (unpaired) electrons. The first-order valence-electron chi connectivity index (χ1n) is 8.77. The minimum Gasteiger partial charge on any atom is -0.458 e. The van der Waals surface area contributed by atoms with Crippen LogP contribution in [0.15, 0.2) is 47.6 Å². The van der Waals surface area contributed by atoms with Crippen LogP contribution in [0.5, 0.6) is 0 Å². The Balaban J connectivity index is 2.47. The van der Waals surface area contributed by atoms with Crippen molar-refractivity contribution < 1.29 is 34.3 Å². The Morgan fingerprint density at radius 1 is 1.41 bits per heavy atom. The summed E-state index contributed by atoms with van der Waals surface area (Å²) in [4.78, 5) is 28.9. The first kappa shape index (κ1) is 21.1. The number of aliphatic hydroxyl groups excluding tert-OH is 1. The maximum Gasteiger partial charge on any atom is 0.334 e. The van der Waals surface area contributed by atoms with Crippen LogP contribution >= 0.6 is 0 Å². The van der Waals surface area contributed by atoms with Crippen molar-refractivity contribution in [1.29, 1.82) is 0 Å². The molecule has 1 aliphatic carbocycles. The Morgan fingerprint density at radius 3 is 2.67 bits per heavy atom. The molecule has 0 aromatic heterocycles. The third-order valence-electron chi connectivity index (χ3n) is 5.11. The Hall–Kier alpha value is -2.22. The molecule has 1 aliphatic heterocycles. The van der Waals surface area contributed by atoms with Gasteiger partial charge >= 0.3 is 11.9 Å². The van der Waals surface area contributed by atoms with Crippen molar-refractivity contribution in [3.8, 4) is 0 Å². The molecule has 7 heteroatoms. The molecule has 1 heterocycles. The number of hydrogen-bond acceptors (Lipinski definition) is 7. The largest absolute Gasteiger partial charge is 0.458 e. The molecule has 0 amide bonds. The highest BCUT2D eigenvalue weighted by atomic mass is 17.1. The van der Waals surface area contributed by atoms with E-state index in [2.05, 4.69) is 18.0 Å². The SMILES string of the molecule is C=C1C(=O)O[C@@H]2/C=C(/C)[C@@H](O)C[C@@H](OO)C(=C)C[C@H](OC(=O)/C(C)=C/C)[C@@H]12. The number of carbonyl (C=O) groups excluding carboxylic acids is 2. The molecular weight excluding hydrogens is 352 g/mol. The Labute approximate surface area is 158 Å². The van der Waals surface area contributed by atoms with Crippen LogP contribution in [0.4, 0.5) is 0 Å². The molecule has 1 fully saturated rings. The lowest BCUT2D eigenvalue weighted by Crippen LogP contribution is -2.36. The highest BCUT2D eigenvalue weighted by molar-refractivity contribution is 5.92. The van der Waals surface area contributed by atoms with Crippen LogP contribution in [0.25, 0.3) is 0 Å². The lowest BCUT2D eigenvalue weighted by atomic mass is 9.83. The first-order valence-corrected chi connectivity index (χ1v) is 8.77. The molecule has 0 unspecified atom stereocenters. The summed E-state index contributed by atoms with van der Waals surface area (Å²) in [5.74, 6) is -1.74. The number of esters is 2. The van der Waals surface area contributed by atoms with Crippen molar-refractivity contribution >= 4 is 11.9 Å². The number of rotatable bonds is 3. The smallest absolute Gasteiger partial charge is 0.334 e. The van der Waals surface area contributed by atoms with Crippen molar-refractivity contribution in [3.05, 3.63) is 47.6 Å². The molecule has 27 heavy (non-hydrogen) atoms. The molecule has 5 atom stereocenters. The fourth-order valence-electron chi connectivity index (χ4n) is 3.20. The van der Waals surface area contributed by atoms with Crippen LogP contribution in [0, 0.1) is 5.92 Å². The number of hydrogen-bond donors (Lipinski definition) is 2. The van der Waals surface area contributed by atoms with Gasteiger partial charge < -0.3 is 14.6 Å². The van der Waals surface area contributed by atoms with E-state index in [1.807, 2.05) is 0 Å². The minimum absolute atomic E-state index is 0.0680. The van der Waals surface area contributed by atoms with Gasteiger partial charge in [-0.2, -0.15) is 0 Å². The zero-order valence-corrected chi connectivity index (χ0v) is 15.8. The van der Waals surface area contributed by atoms with Gasteiger partial charge in [0.2, 0.25) is 0 Å². The number of ether oxygens (including phenoxy) is 2. The predicted octanol–water partition coefficient (Wildman–Crippen LogP) is 2.48. The van der Waals surface area contributed by atoms with Gasteiger partial charge in [0, 0.05) is 24.0 Å². The monoisotopic (exact) mass is 378 g/mol. The van der Waals surface area contributed by atoms with Gasteiger partial charge in [-0.3, -0.25) is 5.26 Å². The van der Waals surface area contributed by atoms with Crippen molar-refractivity contribution in [3.63, 3.8) is 0 Å². The van der Waals surface area contributed by atoms with Gasteiger partial charge in [-0.15, -0.1) is 0 Å². The van der Waals surface area contributed by atoms with E-state index in [1.165, 1.54) is 0 Å². The molecule has 0 saturated carbocycles. The molecule has 1 saturated heterocycles. The van der Waals surface area contributed by atoms with Gasteiger partial charge in [-0.05, 0) is 38.0 Å². The second-order valence-corrected chi connectivity index (χ2v) is 6.96. The molecule has 148 valence electrons. The number of aliphatic hydroxyl groups is 1. The molecule has 0 spiro atoms. The zero-order chi connectivity index (χ0) is 20.3. The van der Waals surface area contributed by atoms with Gasteiger partial charge in [0.15, 0.2) is 0 Å². The summed E-state index contributed by atoms with van der Waals surface area (Å²) in [5.41, 5.74) is 1.57. The summed E-state index contributed by atoms with van der Waals surface area (Å²) in [7, 11) is 0. The average Bonchev–Trinajstić information content (AvgIpc) is 2.90.